The van der Waals surface area contributed by atoms with Crippen LogP contribution in [0, 0.1) is 5.92 Å². The minimum Gasteiger partial charge on any atom is -0.396 e. The molecule has 1 aromatic rings. The zero-order valence-corrected chi connectivity index (χ0v) is 16.3. The highest BCUT2D eigenvalue weighted by Gasteiger charge is 2.22. The molecule has 3 heteroatoms. The van der Waals surface area contributed by atoms with E-state index in [2.05, 4.69) is 18.2 Å². The monoisotopic (exact) mass is 359 g/mol. The lowest BCUT2D eigenvalue weighted by Crippen LogP contribution is -2.26. The van der Waals surface area contributed by atoms with Crippen molar-refractivity contribution in [2.75, 3.05) is 19.8 Å². The van der Waals surface area contributed by atoms with Crippen molar-refractivity contribution in [1.29, 1.82) is 0 Å². The van der Waals surface area contributed by atoms with E-state index in [9.17, 15) is 0 Å². The lowest BCUT2D eigenvalue weighted by atomic mass is 9.85. The van der Waals surface area contributed by atoms with Gasteiger partial charge in [0.05, 0.1) is 6.10 Å². The number of benzene rings is 1. The standard InChI is InChI=1S/C23H37NO2/c24-16-22(8-4-5-13-25)20-9-10-21-15-23(12-11-19(21)14-20)26-17-18-6-2-1-3-7-18/h9-10,14,18,22-23,25H,1-8,11-13,15-17,24H2/t22-,23?/m0/s1. The molecule has 0 saturated heterocycles. The van der Waals surface area contributed by atoms with Crippen LogP contribution in [0.15, 0.2) is 18.2 Å². The minimum atomic E-state index is 0.281. The van der Waals surface area contributed by atoms with Gasteiger partial charge in [0.15, 0.2) is 0 Å². The van der Waals surface area contributed by atoms with Crippen molar-refractivity contribution in [3.8, 4) is 0 Å². The topological polar surface area (TPSA) is 55.5 Å². The molecule has 3 N–H and O–H groups in total. The Morgan fingerprint density at radius 1 is 1.08 bits per heavy atom. The first kappa shape index (κ1) is 19.9. The molecule has 1 unspecified atom stereocenters. The van der Waals surface area contributed by atoms with Crippen molar-refractivity contribution in [3.05, 3.63) is 34.9 Å². The van der Waals surface area contributed by atoms with Crippen molar-refractivity contribution in [3.63, 3.8) is 0 Å². The summed E-state index contributed by atoms with van der Waals surface area (Å²) in [6, 6.07) is 6.98. The fraction of sp³-hybridized carbons (Fsp3) is 0.739. The molecule has 1 fully saturated rings. The summed E-state index contributed by atoms with van der Waals surface area (Å²) in [4.78, 5) is 0. The molecule has 26 heavy (non-hydrogen) atoms. The van der Waals surface area contributed by atoms with Crippen molar-refractivity contribution in [2.24, 2.45) is 11.7 Å². The van der Waals surface area contributed by atoms with Gasteiger partial charge in [-0.3, -0.25) is 0 Å². The third-order valence-corrected chi connectivity index (χ3v) is 6.42. The largest absolute Gasteiger partial charge is 0.396 e. The van der Waals surface area contributed by atoms with Gasteiger partial charge in [0.2, 0.25) is 0 Å². The van der Waals surface area contributed by atoms with Gasteiger partial charge in [0.25, 0.3) is 0 Å². The Morgan fingerprint density at radius 3 is 2.69 bits per heavy atom. The van der Waals surface area contributed by atoms with Gasteiger partial charge < -0.3 is 15.6 Å². The second-order valence-electron chi connectivity index (χ2n) is 8.38. The van der Waals surface area contributed by atoms with Gasteiger partial charge in [-0.2, -0.15) is 0 Å². The predicted octanol–water partition coefficient (Wildman–Crippen LogP) is 4.35. The SMILES string of the molecule is NC[C@H](CCCCO)c1ccc2c(c1)CCC(OCC1CCCCC1)C2. The molecule has 0 spiro atoms. The highest BCUT2D eigenvalue weighted by Crippen LogP contribution is 2.30. The summed E-state index contributed by atoms with van der Waals surface area (Å²) in [6.45, 7) is 1.94. The zero-order chi connectivity index (χ0) is 18.2. The number of nitrogens with two attached hydrogens (primary N) is 1. The average Bonchev–Trinajstić information content (AvgIpc) is 2.70. The molecule has 0 radical (unpaired) electrons. The maximum absolute atomic E-state index is 8.99. The number of aliphatic hydroxyl groups is 1. The molecule has 3 nitrogen and oxygen atoms in total. The van der Waals surface area contributed by atoms with E-state index in [1.54, 1.807) is 0 Å². The van der Waals surface area contributed by atoms with Crippen LogP contribution in [0.25, 0.3) is 0 Å². The van der Waals surface area contributed by atoms with Crippen LogP contribution >= 0.6 is 0 Å². The molecule has 1 aromatic carbocycles. The summed E-state index contributed by atoms with van der Waals surface area (Å²) in [5.41, 5.74) is 10.4. The molecular weight excluding hydrogens is 322 g/mol. The number of hydrogen-bond acceptors (Lipinski definition) is 3. The third-order valence-electron chi connectivity index (χ3n) is 6.42. The predicted molar refractivity (Wildman–Crippen MR) is 108 cm³/mol. The van der Waals surface area contributed by atoms with Gasteiger partial charge in [0.1, 0.15) is 0 Å². The molecule has 1 saturated carbocycles. The second kappa shape index (κ2) is 10.4. The Morgan fingerprint density at radius 2 is 1.92 bits per heavy atom. The summed E-state index contributed by atoms with van der Waals surface area (Å²) in [5, 5.41) is 8.99. The van der Waals surface area contributed by atoms with Gasteiger partial charge >= 0.3 is 0 Å². The molecule has 0 amide bonds. The summed E-state index contributed by atoms with van der Waals surface area (Å²) < 4.78 is 6.30. The Hall–Kier alpha value is -0.900. The van der Waals surface area contributed by atoms with Crippen LogP contribution in [0.5, 0.6) is 0 Å². The number of ether oxygens (including phenoxy) is 1. The minimum absolute atomic E-state index is 0.281. The summed E-state index contributed by atoms with van der Waals surface area (Å²) in [7, 11) is 0. The van der Waals surface area contributed by atoms with E-state index in [-0.39, 0.29) is 6.61 Å². The molecule has 0 aromatic heterocycles. The molecule has 0 heterocycles. The lowest BCUT2D eigenvalue weighted by molar-refractivity contribution is 0.0137. The maximum atomic E-state index is 8.99. The number of hydrogen-bond donors (Lipinski definition) is 2. The van der Waals surface area contributed by atoms with Crippen molar-refractivity contribution in [1.82, 2.24) is 0 Å². The zero-order valence-electron chi connectivity index (χ0n) is 16.3. The molecule has 146 valence electrons. The van der Waals surface area contributed by atoms with E-state index in [1.165, 1.54) is 48.8 Å². The van der Waals surface area contributed by atoms with E-state index < -0.39 is 0 Å². The van der Waals surface area contributed by atoms with Crippen LogP contribution in [0.1, 0.15) is 80.4 Å². The van der Waals surface area contributed by atoms with Crippen molar-refractivity contribution in [2.45, 2.75) is 82.7 Å². The van der Waals surface area contributed by atoms with Crippen LogP contribution < -0.4 is 5.73 Å². The quantitative estimate of drug-likeness (QED) is 0.645. The van der Waals surface area contributed by atoms with Gasteiger partial charge in [-0.05, 0) is 80.0 Å². The van der Waals surface area contributed by atoms with Crippen LogP contribution in [0.4, 0.5) is 0 Å². The van der Waals surface area contributed by atoms with Gasteiger partial charge in [-0.15, -0.1) is 0 Å². The summed E-state index contributed by atoms with van der Waals surface area (Å²) in [5.74, 6) is 1.23. The lowest BCUT2D eigenvalue weighted by Gasteiger charge is -2.29. The number of aliphatic hydroxyl groups excluding tert-OH is 1. The number of aryl methyl sites for hydroxylation is 1. The van der Waals surface area contributed by atoms with Crippen molar-refractivity contribution >= 4 is 0 Å². The summed E-state index contributed by atoms with van der Waals surface area (Å²) in [6.07, 6.45) is 13.7. The van der Waals surface area contributed by atoms with Gasteiger partial charge in [-0.1, -0.05) is 43.9 Å². The number of fused-ring (bicyclic) bond motifs is 1. The Bertz CT molecular complexity index is 539. The highest BCUT2D eigenvalue weighted by molar-refractivity contribution is 5.36. The molecule has 2 aliphatic carbocycles. The van der Waals surface area contributed by atoms with Crippen molar-refractivity contribution < 1.29 is 9.84 Å². The van der Waals surface area contributed by atoms with Crippen LogP contribution in [0.2, 0.25) is 0 Å². The average molecular weight is 360 g/mol. The molecule has 3 rings (SSSR count). The van der Waals surface area contributed by atoms with E-state index in [4.69, 9.17) is 15.6 Å². The molecule has 0 bridgehead atoms. The van der Waals surface area contributed by atoms with Crippen LogP contribution in [-0.4, -0.2) is 31.0 Å². The Balaban J connectivity index is 1.52. The normalized spacial score (nSPS) is 22.2. The third kappa shape index (κ3) is 5.55. The number of unbranched alkanes of at least 4 members (excludes halogenated alkanes) is 1. The van der Waals surface area contributed by atoms with Gasteiger partial charge in [0, 0.05) is 13.2 Å². The highest BCUT2D eigenvalue weighted by atomic mass is 16.5. The fourth-order valence-corrected chi connectivity index (χ4v) is 4.69. The smallest absolute Gasteiger partial charge is 0.0618 e. The first-order valence-electron chi connectivity index (χ1n) is 10.8. The van der Waals surface area contributed by atoms with E-state index >= 15 is 0 Å². The second-order valence-corrected chi connectivity index (χ2v) is 8.38. The fourth-order valence-electron chi connectivity index (χ4n) is 4.69. The molecule has 2 aliphatic rings. The van der Waals surface area contributed by atoms with Gasteiger partial charge in [-0.25, -0.2) is 0 Å². The molecule has 2 atom stereocenters. The molecular formula is C23H37NO2. The van der Waals surface area contributed by atoms with Crippen LogP contribution in [0.3, 0.4) is 0 Å². The first-order chi connectivity index (χ1) is 12.8. The van der Waals surface area contributed by atoms with E-state index in [0.717, 1.165) is 51.0 Å². The summed E-state index contributed by atoms with van der Waals surface area (Å²) >= 11 is 0. The number of rotatable bonds is 9. The maximum Gasteiger partial charge on any atom is 0.0618 e. The van der Waals surface area contributed by atoms with E-state index in [0.29, 0.717) is 18.6 Å². The molecule has 0 aliphatic heterocycles. The Labute approximate surface area is 159 Å². The Kier molecular flexibility index (Phi) is 7.97. The van der Waals surface area contributed by atoms with E-state index in [1.807, 2.05) is 0 Å². The van der Waals surface area contributed by atoms with Crippen LogP contribution in [-0.2, 0) is 17.6 Å². The first-order valence-corrected chi connectivity index (χ1v) is 10.8.